The number of carbonyl (C=O) groups excluding carboxylic acids is 2. The van der Waals surface area contributed by atoms with Gasteiger partial charge in [-0.2, -0.15) is 17.7 Å². The molecule has 1 fully saturated rings. The predicted octanol–water partition coefficient (Wildman–Crippen LogP) is 2.55. The molecule has 1 amide bonds. The summed E-state index contributed by atoms with van der Waals surface area (Å²) in [6.45, 7) is 8.13. The lowest BCUT2D eigenvalue weighted by atomic mass is 9.97. The number of hydrogen-bond donors (Lipinski definition) is 0. The molecule has 12 heteroatoms. The maximum absolute atomic E-state index is 13.1. The van der Waals surface area contributed by atoms with Crippen molar-refractivity contribution in [1.29, 1.82) is 0 Å². The Hall–Kier alpha value is -2.92. The highest BCUT2D eigenvalue weighted by Gasteiger charge is 2.38. The van der Waals surface area contributed by atoms with E-state index in [2.05, 4.69) is 15.3 Å². The van der Waals surface area contributed by atoms with E-state index in [0.717, 1.165) is 0 Å². The lowest BCUT2D eigenvalue weighted by Crippen LogP contribution is -2.44. The molecule has 176 valence electrons. The molecule has 9 nitrogen and oxygen atoms in total. The van der Waals surface area contributed by atoms with Crippen LogP contribution in [0.25, 0.3) is 5.65 Å². The third-order valence-corrected chi connectivity index (χ3v) is 5.39. The Bertz CT molecular complexity index is 959. The molecule has 0 radical (unpaired) electrons. The van der Waals surface area contributed by atoms with Crippen molar-refractivity contribution >= 4 is 23.3 Å². The van der Waals surface area contributed by atoms with Gasteiger partial charge in [0.05, 0.1) is 5.92 Å². The van der Waals surface area contributed by atoms with Crippen molar-refractivity contribution in [2.75, 3.05) is 24.6 Å². The van der Waals surface area contributed by atoms with Crippen LogP contribution in [0.15, 0.2) is 12.1 Å². The van der Waals surface area contributed by atoms with E-state index in [1.54, 1.807) is 15.9 Å². The standard InChI is InChI=1S/C20H27F3N6O3/c1-12(2)28(13(3)4)17(30)11-32-18(31)14-7-9-27(10-8-14)16-6-5-15-24-25-19(20(21,22)23)29(15)26-16/h5-6,12-14H,7-11H2,1-4H3. The zero-order valence-electron chi connectivity index (χ0n) is 18.5. The number of amides is 1. The maximum Gasteiger partial charge on any atom is 0.453 e. The van der Waals surface area contributed by atoms with Crippen LogP contribution in [0.5, 0.6) is 0 Å². The number of hydrogen-bond acceptors (Lipinski definition) is 7. The summed E-state index contributed by atoms with van der Waals surface area (Å²) < 4.78 is 45.2. The number of alkyl halides is 3. The van der Waals surface area contributed by atoms with Gasteiger partial charge in [-0.3, -0.25) is 9.59 Å². The number of rotatable bonds is 6. The number of anilines is 1. The third-order valence-electron chi connectivity index (χ3n) is 5.39. The van der Waals surface area contributed by atoms with Crippen LogP contribution in [0.3, 0.4) is 0 Å². The Balaban J connectivity index is 1.58. The Morgan fingerprint density at radius 1 is 1.12 bits per heavy atom. The van der Waals surface area contributed by atoms with Gasteiger partial charge >= 0.3 is 12.1 Å². The molecule has 0 aliphatic carbocycles. The summed E-state index contributed by atoms with van der Waals surface area (Å²) in [5.74, 6) is -1.90. The van der Waals surface area contributed by atoms with Crippen molar-refractivity contribution in [3.05, 3.63) is 18.0 Å². The summed E-state index contributed by atoms with van der Waals surface area (Å²) in [6.07, 6.45) is -3.78. The summed E-state index contributed by atoms with van der Waals surface area (Å²) in [5, 5.41) is 10.7. The highest BCUT2D eigenvalue weighted by molar-refractivity contribution is 5.81. The fourth-order valence-electron chi connectivity index (χ4n) is 3.97. The molecule has 0 spiro atoms. The molecular weight excluding hydrogens is 429 g/mol. The molecule has 3 rings (SSSR count). The van der Waals surface area contributed by atoms with Crippen LogP contribution >= 0.6 is 0 Å². The molecule has 2 aromatic rings. The minimum absolute atomic E-state index is 0.000968. The van der Waals surface area contributed by atoms with Gasteiger partial charge in [0.25, 0.3) is 11.7 Å². The molecule has 0 aromatic carbocycles. The van der Waals surface area contributed by atoms with Crippen molar-refractivity contribution in [3.63, 3.8) is 0 Å². The summed E-state index contributed by atoms with van der Waals surface area (Å²) in [7, 11) is 0. The Morgan fingerprint density at radius 3 is 2.31 bits per heavy atom. The number of esters is 1. The van der Waals surface area contributed by atoms with Crippen LogP contribution in [-0.4, -0.2) is 68.4 Å². The van der Waals surface area contributed by atoms with E-state index in [0.29, 0.717) is 36.3 Å². The first kappa shape index (κ1) is 23.7. The summed E-state index contributed by atoms with van der Waals surface area (Å²) in [4.78, 5) is 28.3. The molecule has 1 aliphatic rings. The Morgan fingerprint density at radius 2 is 1.75 bits per heavy atom. The topological polar surface area (TPSA) is 92.9 Å². The first-order valence-corrected chi connectivity index (χ1v) is 10.5. The minimum Gasteiger partial charge on any atom is -0.455 e. The van der Waals surface area contributed by atoms with Crippen molar-refractivity contribution in [2.45, 2.75) is 58.8 Å². The van der Waals surface area contributed by atoms with Gasteiger partial charge in [-0.1, -0.05) is 0 Å². The largest absolute Gasteiger partial charge is 0.455 e. The van der Waals surface area contributed by atoms with E-state index in [1.807, 2.05) is 27.7 Å². The lowest BCUT2D eigenvalue weighted by Gasteiger charge is -2.32. The minimum atomic E-state index is -4.67. The molecule has 0 bridgehead atoms. The number of piperidine rings is 1. The Kier molecular flexibility index (Phi) is 6.89. The smallest absolute Gasteiger partial charge is 0.453 e. The number of fused-ring (bicyclic) bond motifs is 1. The molecule has 0 atom stereocenters. The first-order chi connectivity index (χ1) is 15.0. The van der Waals surface area contributed by atoms with E-state index in [1.165, 1.54) is 6.07 Å². The number of carbonyl (C=O) groups is 2. The Labute approximate surface area is 183 Å². The number of halogens is 3. The number of ether oxygens (including phenoxy) is 1. The van der Waals surface area contributed by atoms with Gasteiger partial charge < -0.3 is 14.5 Å². The van der Waals surface area contributed by atoms with Gasteiger partial charge in [0.1, 0.15) is 5.82 Å². The fourth-order valence-corrected chi connectivity index (χ4v) is 3.97. The molecule has 32 heavy (non-hydrogen) atoms. The molecule has 0 unspecified atom stereocenters. The van der Waals surface area contributed by atoms with E-state index in [9.17, 15) is 22.8 Å². The highest BCUT2D eigenvalue weighted by Crippen LogP contribution is 2.29. The van der Waals surface area contributed by atoms with Gasteiger partial charge in [-0.25, -0.2) is 0 Å². The normalized spacial score (nSPS) is 15.6. The van der Waals surface area contributed by atoms with Crippen LogP contribution in [0.4, 0.5) is 19.0 Å². The van der Waals surface area contributed by atoms with E-state index >= 15 is 0 Å². The molecule has 2 aromatic heterocycles. The van der Waals surface area contributed by atoms with Crippen molar-refractivity contribution in [3.8, 4) is 0 Å². The van der Waals surface area contributed by atoms with E-state index in [4.69, 9.17) is 4.74 Å². The van der Waals surface area contributed by atoms with Gasteiger partial charge in [0, 0.05) is 25.2 Å². The molecule has 1 aliphatic heterocycles. The van der Waals surface area contributed by atoms with Gasteiger partial charge in [0.15, 0.2) is 12.3 Å². The zero-order valence-corrected chi connectivity index (χ0v) is 18.5. The maximum atomic E-state index is 13.1. The zero-order chi connectivity index (χ0) is 23.6. The molecule has 1 saturated heterocycles. The highest BCUT2D eigenvalue weighted by atomic mass is 19.4. The first-order valence-electron chi connectivity index (χ1n) is 10.5. The lowest BCUT2D eigenvalue weighted by molar-refractivity contribution is -0.157. The molecule has 0 N–H and O–H groups in total. The van der Waals surface area contributed by atoms with Crippen LogP contribution in [0.2, 0.25) is 0 Å². The predicted molar refractivity (Wildman–Crippen MR) is 109 cm³/mol. The van der Waals surface area contributed by atoms with E-state index < -0.39 is 18.0 Å². The summed E-state index contributed by atoms with van der Waals surface area (Å²) >= 11 is 0. The number of aromatic nitrogens is 4. The quantitative estimate of drug-likeness (QED) is 0.617. The van der Waals surface area contributed by atoms with Crippen molar-refractivity contribution < 1.29 is 27.5 Å². The van der Waals surface area contributed by atoms with Crippen molar-refractivity contribution in [2.24, 2.45) is 5.92 Å². The second kappa shape index (κ2) is 9.29. The van der Waals surface area contributed by atoms with Crippen LogP contribution < -0.4 is 4.90 Å². The third kappa shape index (κ3) is 5.10. The molecule has 0 saturated carbocycles. The van der Waals surface area contributed by atoms with E-state index in [-0.39, 0.29) is 36.2 Å². The van der Waals surface area contributed by atoms with Crippen LogP contribution in [-0.2, 0) is 20.5 Å². The summed E-state index contributed by atoms with van der Waals surface area (Å²) in [5.41, 5.74) is 0.000968. The van der Waals surface area contributed by atoms with Gasteiger partial charge in [-0.05, 0) is 52.7 Å². The second-order valence-electron chi connectivity index (χ2n) is 8.34. The van der Waals surface area contributed by atoms with Gasteiger partial charge in [0.2, 0.25) is 0 Å². The van der Waals surface area contributed by atoms with Gasteiger partial charge in [-0.15, -0.1) is 15.3 Å². The van der Waals surface area contributed by atoms with Crippen LogP contribution in [0.1, 0.15) is 46.4 Å². The average molecular weight is 456 g/mol. The van der Waals surface area contributed by atoms with Crippen LogP contribution in [0, 0.1) is 5.92 Å². The number of nitrogens with zero attached hydrogens (tertiary/aromatic N) is 6. The monoisotopic (exact) mass is 456 g/mol. The molecule has 3 heterocycles. The van der Waals surface area contributed by atoms with Crippen molar-refractivity contribution in [1.82, 2.24) is 24.7 Å². The second-order valence-corrected chi connectivity index (χ2v) is 8.34. The molecular formula is C20H27F3N6O3. The summed E-state index contributed by atoms with van der Waals surface area (Å²) in [6, 6.07) is 3.00. The fraction of sp³-hybridized carbons (Fsp3) is 0.650. The average Bonchev–Trinajstić information content (AvgIpc) is 3.15. The SMILES string of the molecule is CC(C)N(C(=O)COC(=O)C1CCN(c2ccc3nnc(C(F)(F)F)n3n2)CC1)C(C)C.